The number of Topliss-reactive ketones (excluding diaryl/α,β-unsaturated/α-hetero) is 1. The van der Waals surface area contributed by atoms with Gasteiger partial charge in [0.1, 0.15) is 6.61 Å². The summed E-state index contributed by atoms with van der Waals surface area (Å²) in [6, 6.07) is 15.8. The van der Waals surface area contributed by atoms with E-state index in [0.29, 0.717) is 25.2 Å². The summed E-state index contributed by atoms with van der Waals surface area (Å²) in [5.74, 6) is -0.0798. The van der Waals surface area contributed by atoms with E-state index in [-0.39, 0.29) is 24.3 Å². The summed E-state index contributed by atoms with van der Waals surface area (Å²) in [6.45, 7) is 3.57. The van der Waals surface area contributed by atoms with Crippen molar-refractivity contribution in [3.05, 3.63) is 78.2 Å². The van der Waals surface area contributed by atoms with Gasteiger partial charge in [-0.3, -0.25) is 24.7 Å². The highest BCUT2D eigenvalue weighted by Crippen LogP contribution is 2.51. The van der Waals surface area contributed by atoms with Crippen molar-refractivity contribution in [1.29, 1.82) is 0 Å². The number of aromatic amines is 1. The molecule has 8 nitrogen and oxygen atoms in total. The largest absolute Gasteiger partial charge is 0.464 e. The molecular formula is C45H58N4O4. The molecular weight excluding hydrogens is 661 g/mol. The van der Waals surface area contributed by atoms with Crippen LogP contribution in [0.3, 0.4) is 0 Å². The molecule has 2 aliphatic rings. The van der Waals surface area contributed by atoms with Crippen molar-refractivity contribution in [1.82, 2.24) is 20.2 Å². The van der Waals surface area contributed by atoms with Gasteiger partial charge in [-0.2, -0.15) is 5.10 Å². The lowest BCUT2D eigenvalue weighted by Gasteiger charge is -2.48. The Morgan fingerprint density at radius 1 is 0.774 bits per heavy atom. The molecule has 6 rings (SSSR count). The van der Waals surface area contributed by atoms with Crippen LogP contribution in [0.4, 0.5) is 0 Å². The molecule has 1 unspecified atom stereocenters. The minimum atomic E-state index is -0.853. The molecule has 1 N–H and O–H groups in total. The Bertz CT molecular complexity index is 1750. The van der Waals surface area contributed by atoms with Crippen molar-refractivity contribution in [2.75, 3.05) is 19.8 Å². The van der Waals surface area contributed by atoms with Crippen LogP contribution in [0.1, 0.15) is 138 Å². The highest BCUT2D eigenvalue weighted by Gasteiger charge is 2.57. The SMILES string of the molecule is CCCCCCCCCCCCCCCCCC(=O)OCC1(C2CCOCC2)C(=O)c2ccc(-c3cc(-c4cn[nH]c4-c4ccccn4)ccn3)cc21. The number of ketones is 1. The lowest BCUT2D eigenvalue weighted by molar-refractivity contribution is -0.146. The molecule has 1 saturated heterocycles. The van der Waals surface area contributed by atoms with Crippen LogP contribution < -0.4 is 0 Å². The van der Waals surface area contributed by atoms with E-state index in [0.717, 1.165) is 71.4 Å². The third-order valence-electron chi connectivity index (χ3n) is 11.4. The van der Waals surface area contributed by atoms with Crippen LogP contribution in [0.15, 0.2) is 67.1 Å². The Kier molecular flexibility index (Phi) is 14.4. The Labute approximate surface area is 315 Å². The van der Waals surface area contributed by atoms with Crippen molar-refractivity contribution in [2.24, 2.45) is 5.92 Å². The normalized spacial score (nSPS) is 17.0. The van der Waals surface area contributed by atoms with Gasteiger partial charge in [-0.1, -0.05) is 115 Å². The first kappa shape index (κ1) is 38.6. The fraction of sp³-hybridized carbons (Fsp3) is 0.533. The maximum atomic E-state index is 14.0. The number of benzene rings is 1. The molecule has 4 aromatic rings. The summed E-state index contributed by atoms with van der Waals surface area (Å²) in [4.78, 5) is 36.2. The van der Waals surface area contributed by atoms with Crippen LogP contribution in [0.2, 0.25) is 0 Å². The Morgan fingerprint density at radius 3 is 2.13 bits per heavy atom. The van der Waals surface area contributed by atoms with Gasteiger partial charge in [0, 0.05) is 48.7 Å². The summed E-state index contributed by atoms with van der Waals surface area (Å²) in [5.41, 5.74) is 6.08. The number of hydrogen-bond donors (Lipinski definition) is 1. The molecule has 282 valence electrons. The lowest BCUT2D eigenvalue weighted by atomic mass is 9.55. The molecule has 8 heteroatoms. The number of fused-ring (bicyclic) bond motifs is 1. The van der Waals surface area contributed by atoms with E-state index in [1.165, 1.54) is 77.0 Å². The number of ether oxygens (including phenoxy) is 2. The summed E-state index contributed by atoms with van der Waals surface area (Å²) in [7, 11) is 0. The van der Waals surface area contributed by atoms with E-state index >= 15 is 0 Å². The maximum Gasteiger partial charge on any atom is 0.305 e. The van der Waals surface area contributed by atoms with E-state index in [9.17, 15) is 9.59 Å². The van der Waals surface area contributed by atoms with Crippen molar-refractivity contribution in [2.45, 2.75) is 128 Å². The predicted molar refractivity (Wildman–Crippen MR) is 211 cm³/mol. The fourth-order valence-electron chi connectivity index (χ4n) is 8.30. The number of esters is 1. The zero-order valence-electron chi connectivity index (χ0n) is 31.8. The molecule has 1 aromatic carbocycles. The van der Waals surface area contributed by atoms with Crippen molar-refractivity contribution in [3.8, 4) is 33.8 Å². The molecule has 53 heavy (non-hydrogen) atoms. The van der Waals surface area contributed by atoms with Crippen LogP contribution in [0.25, 0.3) is 33.8 Å². The highest BCUT2D eigenvalue weighted by molar-refractivity contribution is 6.14. The standard InChI is InChI=1S/C45H58N4O4/c1-2-3-4-5-6-7-8-9-10-11-12-13-14-15-16-20-42(50)53-33-45(36-24-28-52-29-25-36)39-30-35(21-22-37(39)44(45)51)41-31-34(23-27-47-41)38-32-48-49-43(38)40-19-17-18-26-46-40/h17-19,21-23,26-27,30-32,36H,2-16,20,24-25,28-29,33H2,1H3,(H,48,49). The second-order valence-corrected chi connectivity index (χ2v) is 15.1. The van der Waals surface area contributed by atoms with E-state index in [1.54, 1.807) is 12.4 Å². The number of rotatable bonds is 22. The molecule has 1 aliphatic carbocycles. The average molecular weight is 719 g/mol. The molecule has 0 radical (unpaired) electrons. The summed E-state index contributed by atoms with van der Waals surface area (Å²) < 4.78 is 11.7. The van der Waals surface area contributed by atoms with Crippen LogP contribution in [0.5, 0.6) is 0 Å². The smallest absolute Gasteiger partial charge is 0.305 e. The van der Waals surface area contributed by atoms with Crippen molar-refractivity contribution >= 4 is 11.8 Å². The van der Waals surface area contributed by atoms with Gasteiger partial charge >= 0.3 is 5.97 Å². The van der Waals surface area contributed by atoms with E-state index < -0.39 is 5.41 Å². The van der Waals surface area contributed by atoms with Crippen LogP contribution in [-0.4, -0.2) is 51.7 Å². The third kappa shape index (κ3) is 9.69. The highest BCUT2D eigenvalue weighted by atomic mass is 16.5. The first-order chi connectivity index (χ1) is 26.1. The Balaban J connectivity index is 1.02. The van der Waals surface area contributed by atoms with E-state index in [4.69, 9.17) is 14.5 Å². The fourth-order valence-corrected chi connectivity index (χ4v) is 8.30. The van der Waals surface area contributed by atoms with E-state index in [1.807, 2.05) is 48.7 Å². The monoisotopic (exact) mass is 718 g/mol. The number of carbonyl (C=O) groups excluding carboxylic acids is 2. The van der Waals surface area contributed by atoms with Gasteiger partial charge in [0.25, 0.3) is 0 Å². The number of unbranched alkanes of at least 4 members (excludes halogenated alkanes) is 14. The summed E-state index contributed by atoms with van der Waals surface area (Å²) in [5, 5.41) is 7.40. The number of carbonyl (C=O) groups is 2. The van der Waals surface area contributed by atoms with Gasteiger partial charge in [0.2, 0.25) is 0 Å². The average Bonchev–Trinajstić information content (AvgIpc) is 3.70. The topological polar surface area (TPSA) is 107 Å². The molecule has 0 amide bonds. The molecule has 1 fully saturated rings. The summed E-state index contributed by atoms with van der Waals surface area (Å²) >= 11 is 0. The molecule has 1 atom stereocenters. The van der Waals surface area contributed by atoms with Gasteiger partial charge in [-0.05, 0) is 66.6 Å². The molecule has 0 spiro atoms. The lowest BCUT2D eigenvalue weighted by Crippen LogP contribution is -2.56. The number of nitrogens with zero attached hydrogens (tertiary/aromatic N) is 3. The minimum Gasteiger partial charge on any atom is -0.464 e. The molecule has 0 saturated carbocycles. The zero-order valence-corrected chi connectivity index (χ0v) is 31.8. The van der Waals surface area contributed by atoms with Crippen LogP contribution in [-0.2, 0) is 19.7 Å². The number of nitrogens with one attached hydrogen (secondary N) is 1. The van der Waals surface area contributed by atoms with E-state index in [2.05, 4.69) is 28.2 Å². The number of H-pyrrole nitrogens is 1. The van der Waals surface area contributed by atoms with Gasteiger partial charge < -0.3 is 9.47 Å². The Morgan fingerprint density at radius 2 is 1.45 bits per heavy atom. The summed E-state index contributed by atoms with van der Waals surface area (Å²) in [6.07, 6.45) is 26.6. The molecule has 4 heterocycles. The molecule has 3 aromatic heterocycles. The van der Waals surface area contributed by atoms with Crippen molar-refractivity contribution < 1.29 is 19.1 Å². The predicted octanol–water partition coefficient (Wildman–Crippen LogP) is 10.9. The van der Waals surface area contributed by atoms with Gasteiger partial charge in [0.05, 0.1) is 28.7 Å². The second-order valence-electron chi connectivity index (χ2n) is 15.1. The van der Waals surface area contributed by atoms with Crippen LogP contribution in [0, 0.1) is 5.92 Å². The molecule has 1 aliphatic heterocycles. The quantitative estimate of drug-likeness (QED) is 0.0636. The van der Waals surface area contributed by atoms with Gasteiger partial charge in [-0.15, -0.1) is 0 Å². The van der Waals surface area contributed by atoms with Gasteiger partial charge in [-0.25, -0.2) is 0 Å². The number of hydrogen-bond acceptors (Lipinski definition) is 7. The van der Waals surface area contributed by atoms with Gasteiger partial charge in [0.15, 0.2) is 5.78 Å². The molecule has 0 bridgehead atoms. The maximum absolute atomic E-state index is 14.0. The number of pyridine rings is 2. The third-order valence-corrected chi connectivity index (χ3v) is 11.4. The van der Waals surface area contributed by atoms with Crippen LogP contribution >= 0.6 is 0 Å². The number of aromatic nitrogens is 4. The zero-order chi connectivity index (χ0) is 36.7. The minimum absolute atomic E-state index is 0.0521. The Hall–Kier alpha value is -4.17. The first-order valence-electron chi connectivity index (χ1n) is 20.5. The second kappa shape index (κ2) is 19.8. The van der Waals surface area contributed by atoms with Crippen molar-refractivity contribution in [3.63, 3.8) is 0 Å². The first-order valence-corrected chi connectivity index (χ1v) is 20.5.